The van der Waals surface area contributed by atoms with E-state index in [4.69, 9.17) is 0 Å². The Morgan fingerprint density at radius 1 is 1.20 bits per heavy atom. The summed E-state index contributed by atoms with van der Waals surface area (Å²) in [5, 5.41) is 3.07. The van der Waals surface area contributed by atoms with Crippen LogP contribution in [0.5, 0.6) is 0 Å². The minimum absolute atomic E-state index is 0.0254. The van der Waals surface area contributed by atoms with Crippen LogP contribution in [0.4, 0.5) is 0 Å². The number of nitrogens with one attached hydrogen (secondary N) is 1. The molecule has 1 aromatic heterocycles. The molecule has 1 aromatic carbocycles. The van der Waals surface area contributed by atoms with Crippen LogP contribution in [0.15, 0.2) is 48.8 Å². The lowest BCUT2D eigenvalue weighted by Gasteiger charge is -2.26. The van der Waals surface area contributed by atoms with E-state index in [1.807, 2.05) is 57.2 Å². The molecule has 1 heterocycles. The van der Waals surface area contributed by atoms with Gasteiger partial charge in [-0.25, -0.2) is 0 Å². The predicted molar refractivity (Wildman–Crippen MR) is 80.3 cm³/mol. The first-order chi connectivity index (χ1) is 9.47. The van der Waals surface area contributed by atoms with Crippen LogP contribution >= 0.6 is 0 Å². The summed E-state index contributed by atoms with van der Waals surface area (Å²) in [5.74, 6) is 0.0254. The number of nitrogens with zero attached hydrogens (tertiary/aromatic N) is 1. The monoisotopic (exact) mass is 268 g/mol. The Morgan fingerprint density at radius 3 is 2.55 bits per heavy atom. The van der Waals surface area contributed by atoms with Gasteiger partial charge in [0.1, 0.15) is 0 Å². The van der Waals surface area contributed by atoms with Gasteiger partial charge in [-0.2, -0.15) is 0 Å². The summed E-state index contributed by atoms with van der Waals surface area (Å²) in [6.07, 6.45) is 3.88. The minimum Gasteiger partial charge on any atom is -0.347 e. The normalized spacial score (nSPS) is 11.2. The molecule has 0 aliphatic rings. The summed E-state index contributed by atoms with van der Waals surface area (Å²) >= 11 is 0. The van der Waals surface area contributed by atoms with Crippen LogP contribution in [-0.4, -0.2) is 10.9 Å². The molecule has 0 fully saturated rings. The number of rotatable bonds is 4. The van der Waals surface area contributed by atoms with Gasteiger partial charge in [0.2, 0.25) is 5.91 Å². The molecule has 0 unspecified atom stereocenters. The lowest BCUT2D eigenvalue weighted by molar-refractivity contribution is -0.122. The zero-order chi connectivity index (χ0) is 14.6. The molecule has 0 radical (unpaired) electrons. The molecule has 2 rings (SSSR count). The van der Waals surface area contributed by atoms with Gasteiger partial charge < -0.3 is 5.32 Å². The first kappa shape index (κ1) is 14.3. The van der Waals surface area contributed by atoms with E-state index in [0.717, 1.165) is 11.1 Å². The third kappa shape index (κ3) is 3.67. The second kappa shape index (κ2) is 5.87. The number of carbonyl (C=O) groups excluding carboxylic acids is 1. The number of aryl methyl sites for hydroxylation is 1. The Labute approximate surface area is 120 Å². The molecule has 0 saturated heterocycles. The molecule has 0 bridgehead atoms. The number of pyridine rings is 1. The molecule has 2 aromatic rings. The van der Waals surface area contributed by atoms with E-state index in [0.29, 0.717) is 6.42 Å². The smallest absolute Gasteiger partial charge is 0.225 e. The van der Waals surface area contributed by atoms with E-state index >= 15 is 0 Å². The maximum absolute atomic E-state index is 12.2. The van der Waals surface area contributed by atoms with E-state index in [1.165, 1.54) is 5.56 Å². The largest absolute Gasteiger partial charge is 0.347 e. The molecular formula is C17H20N2O. The van der Waals surface area contributed by atoms with Crippen molar-refractivity contribution in [3.8, 4) is 0 Å². The van der Waals surface area contributed by atoms with Gasteiger partial charge in [-0.05, 0) is 44.0 Å². The molecular weight excluding hydrogens is 248 g/mol. The summed E-state index contributed by atoms with van der Waals surface area (Å²) in [6.45, 7) is 6.02. The number of benzene rings is 1. The zero-order valence-electron chi connectivity index (χ0n) is 12.2. The Morgan fingerprint density at radius 2 is 1.90 bits per heavy atom. The summed E-state index contributed by atoms with van der Waals surface area (Å²) in [4.78, 5) is 16.2. The third-order valence-corrected chi connectivity index (χ3v) is 3.30. The molecule has 0 saturated carbocycles. The van der Waals surface area contributed by atoms with Gasteiger partial charge in [0, 0.05) is 12.4 Å². The Hall–Kier alpha value is -2.16. The number of aromatic nitrogens is 1. The van der Waals surface area contributed by atoms with Gasteiger partial charge in [0.05, 0.1) is 12.0 Å². The lowest BCUT2D eigenvalue weighted by Crippen LogP contribution is -2.41. The quantitative estimate of drug-likeness (QED) is 0.926. The van der Waals surface area contributed by atoms with Gasteiger partial charge in [0.25, 0.3) is 0 Å². The second-order valence-corrected chi connectivity index (χ2v) is 5.57. The molecule has 1 amide bonds. The Balaban J connectivity index is 2.04. The minimum atomic E-state index is -0.399. The zero-order valence-corrected chi connectivity index (χ0v) is 12.2. The molecule has 0 aliphatic carbocycles. The van der Waals surface area contributed by atoms with Crippen molar-refractivity contribution in [2.45, 2.75) is 32.7 Å². The van der Waals surface area contributed by atoms with Crippen molar-refractivity contribution in [1.29, 1.82) is 0 Å². The Bertz CT molecular complexity index is 591. The van der Waals surface area contributed by atoms with Crippen molar-refractivity contribution in [2.24, 2.45) is 0 Å². The van der Waals surface area contributed by atoms with Crippen LogP contribution in [0.1, 0.15) is 30.5 Å². The van der Waals surface area contributed by atoms with Crippen molar-refractivity contribution < 1.29 is 4.79 Å². The van der Waals surface area contributed by atoms with Crippen LogP contribution in [0.25, 0.3) is 0 Å². The van der Waals surface area contributed by atoms with Gasteiger partial charge >= 0.3 is 0 Å². The van der Waals surface area contributed by atoms with Crippen molar-refractivity contribution in [3.63, 3.8) is 0 Å². The first-order valence-corrected chi connectivity index (χ1v) is 6.74. The van der Waals surface area contributed by atoms with E-state index in [2.05, 4.69) is 10.3 Å². The van der Waals surface area contributed by atoms with E-state index in [9.17, 15) is 4.79 Å². The summed E-state index contributed by atoms with van der Waals surface area (Å²) in [7, 11) is 0. The fourth-order valence-electron chi connectivity index (χ4n) is 2.24. The molecule has 3 heteroatoms. The van der Waals surface area contributed by atoms with E-state index < -0.39 is 5.54 Å². The first-order valence-electron chi connectivity index (χ1n) is 6.74. The van der Waals surface area contributed by atoms with Gasteiger partial charge in [0.15, 0.2) is 0 Å². The van der Waals surface area contributed by atoms with Crippen LogP contribution in [0.3, 0.4) is 0 Å². The van der Waals surface area contributed by atoms with Crippen LogP contribution in [-0.2, 0) is 16.8 Å². The SMILES string of the molecule is Cc1cccc(CC(=O)NC(C)(C)c2ccncc2)c1. The molecule has 0 atom stereocenters. The van der Waals surface area contributed by atoms with Crippen LogP contribution in [0, 0.1) is 6.92 Å². The van der Waals surface area contributed by atoms with Crippen molar-refractivity contribution >= 4 is 5.91 Å². The fourth-order valence-corrected chi connectivity index (χ4v) is 2.24. The molecule has 0 spiro atoms. The maximum atomic E-state index is 12.2. The highest BCUT2D eigenvalue weighted by Gasteiger charge is 2.22. The predicted octanol–water partition coefficient (Wildman–Crippen LogP) is 2.98. The number of amides is 1. The second-order valence-electron chi connectivity index (χ2n) is 5.57. The Kier molecular flexibility index (Phi) is 4.18. The number of hydrogen-bond acceptors (Lipinski definition) is 2. The van der Waals surface area contributed by atoms with Crippen molar-refractivity contribution in [2.75, 3.05) is 0 Å². The molecule has 20 heavy (non-hydrogen) atoms. The summed E-state index contributed by atoms with van der Waals surface area (Å²) in [6, 6.07) is 11.9. The van der Waals surface area contributed by atoms with Crippen molar-refractivity contribution in [3.05, 3.63) is 65.5 Å². The van der Waals surface area contributed by atoms with Gasteiger partial charge in [-0.1, -0.05) is 29.8 Å². The highest BCUT2D eigenvalue weighted by molar-refractivity contribution is 5.79. The molecule has 1 N–H and O–H groups in total. The number of hydrogen-bond donors (Lipinski definition) is 1. The average molecular weight is 268 g/mol. The topological polar surface area (TPSA) is 42.0 Å². The fraction of sp³-hybridized carbons (Fsp3) is 0.294. The highest BCUT2D eigenvalue weighted by atomic mass is 16.1. The van der Waals surface area contributed by atoms with E-state index in [-0.39, 0.29) is 5.91 Å². The standard InChI is InChI=1S/C17H20N2O/c1-13-5-4-6-14(11-13)12-16(20)19-17(2,3)15-7-9-18-10-8-15/h4-11H,12H2,1-3H3,(H,19,20). The molecule has 3 nitrogen and oxygen atoms in total. The summed E-state index contributed by atoms with van der Waals surface area (Å²) in [5.41, 5.74) is 2.85. The third-order valence-electron chi connectivity index (χ3n) is 3.30. The number of carbonyl (C=O) groups is 1. The molecule has 0 aliphatic heterocycles. The van der Waals surface area contributed by atoms with Crippen molar-refractivity contribution in [1.82, 2.24) is 10.3 Å². The molecule has 104 valence electrons. The maximum Gasteiger partial charge on any atom is 0.225 e. The lowest BCUT2D eigenvalue weighted by atomic mass is 9.95. The summed E-state index contributed by atoms with van der Waals surface area (Å²) < 4.78 is 0. The van der Waals surface area contributed by atoms with Crippen LogP contribution < -0.4 is 5.32 Å². The average Bonchev–Trinajstić information content (AvgIpc) is 2.39. The van der Waals surface area contributed by atoms with Gasteiger partial charge in [-0.3, -0.25) is 9.78 Å². The highest BCUT2D eigenvalue weighted by Crippen LogP contribution is 2.19. The van der Waals surface area contributed by atoms with Gasteiger partial charge in [-0.15, -0.1) is 0 Å². The van der Waals surface area contributed by atoms with E-state index in [1.54, 1.807) is 12.4 Å². The van der Waals surface area contributed by atoms with Crippen LogP contribution in [0.2, 0.25) is 0 Å².